The summed E-state index contributed by atoms with van der Waals surface area (Å²) < 4.78 is 11.9. The van der Waals surface area contributed by atoms with E-state index in [1.807, 2.05) is 0 Å². The molecule has 0 aromatic heterocycles. The first-order valence-corrected chi connectivity index (χ1v) is 14.6. The Labute approximate surface area is 207 Å². The van der Waals surface area contributed by atoms with Crippen LogP contribution in [0.5, 0.6) is 0 Å². The first kappa shape index (κ1) is 23.7. The highest BCUT2D eigenvalue weighted by molar-refractivity contribution is 5.66. The zero-order valence-corrected chi connectivity index (χ0v) is 22.0. The Morgan fingerprint density at radius 1 is 0.853 bits per heavy atom. The maximum Gasteiger partial charge on any atom is 0.302 e. The summed E-state index contributed by atoms with van der Waals surface area (Å²) in [6.45, 7) is 13.1. The molecule has 0 spiro atoms. The molecule has 5 heteroatoms. The van der Waals surface area contributed by atoms with E-state index in [-0.39, 0.29) is 17.5 Å². The second kappa shape index (κ2) is 9.03. The molecule has 0 aromatic carbocycles. The Bertz CT molecular complexity index is 762. The van der Waals surface area contributed by atoms with Crippen LogP contribution < -0.4 is 0 Å². The van der Waals surface area contributed by atoms with E-state index < -0.39 is 0 Å². The van der Waals surface area contributed by atoms with Gasteiger partial charge in [0, 0.05) is 37.5 Å². The zero-order chi connectivity index (χ0) is 23.5. The maximum atomic E-state index is 12.2. The van der Waals surface area contributed by atoms with Crippen LogP contribution >= 0.6 is 0 Å². The molecule has 5 nitrogen and oxygen atoms in total. The van der Waals surface area contributed by atoms with E-state index in [4.69, 9.17) is 9.47 Å². The normalized spacial score (nSPS) is 49.8. The van der Waals surface area contributed by atoms with Gasteiger partial charge in [0.1, 0.15) is 6.10 Å². The number of fused-ring (bicyclic) bond motifs is 5. The molecule has 9 atom stereocenters. The molecule has 6 fully saturated rings. The number of hydrogen-bond acceptors (Lipinski definition) is 5. The van der Waals surface area contributed by atoms with Crippen molar-refractivity contribution in [2.45, 2.75) is 103 Å². The zero-order valence-electron chi connectivity index (χ0n) is 22.0. The first-order chi connectivity index (χ1) is 16.4. The lowest BCUT2D eigenvalue weighted by Crippen LogP contribution is -2.56. The molecule has 6 aliphatic rings. The molecule has 4 saturated carbocycles. The van der Waals surface area contributed by atoms with Gasteiger partial charge in [-0.3, -0.25) is 9.69 Å². The summed E-state index contributed by atoms with van der Waals surface area (Å²) in [5.41, 5.74) is 0.653. The third kappa shape index (κ3) is 3.78. The smallest absolute Gasteiger partial charge is 0.302 e. The first-order valence-electron chi connectivity index (χ1n) is 14.6. The Morgan fingerprint density at radius 3 is 2.32 bits per heavy atom. The number of morpholine rings is 1. The van der Waals surface area contributed by atoms with Gasteiger partial charge in [-0.05, 0) is 106 Å². The highest BCUT2D eigenvalue weighted by Crippen LogP contribution is 2.67. The van der Waals surface area contributed by atoms with Crippen molar-refractivity contribution in [1.29, 1.82) is 0 Å². The van der Waals surface area contributed by atoms with Gasteiger partial charge in [-0.15, -0.1) is 0 Å². The van der Waals surface area contributed by atoms with Gasteiger partial charge in [0.15, 0.2) is 0 Å². The van der Waals surface area contributed by atoms with Crippen molar-refractivity contribution in [2.75, 3.05) is 39.4 Å². The lowest BCUT2D eigenvalue weighted by molar-refractivity contribution is -0.166. The van der Waals surface area contributed by atoms with Crippen LogP contribution in [0.25, 0.3) is 0 Å². The van der Waals surface area contributed by atoms with Crippen LogP contribution in [0, 0.1) is 34.5 Å². The molecule has 34 heavy (non-hydrogen) atoms. The predicted octanol–water partition coefficient (Wildman–Crippen LogP) is 4.74. The summed E-state index contributed by atoms with van der Waals surface area (Å²) in [6.07, 6.45) is 13.8. The molecule has 4 aliphatic carbocycles. The molecule has 192 valence electrons. The van der Waals surface area contributed by atoms with Gasteiger partial charge in [-0.25, -0.2) is 0 Å². The topological polar surface area (TPSA) is 42.0 Å². The van der Waals surface area contributed by atoms with Gasteiger partial charge in [0.25, 0.3) is 0 Å². The summed E-state index contributed by atoms with van der Waals surface area (Å²) in [4.78, 5) is 17.7. The fourth-order valence-corrected chi connectivity index (χ4v) is 10.3. The summed E-state index contributed by atoms with van der Waals surface area (Å²) in [6, 6.07) is 1.23. The van der Waals surface area contributed by atoms with Crippen molar-refractivity contribution >= 4 is 5.97 Å². The monoisotopic (exact) mass is 472 g/mol. The number of carbonyl (C=O) groups excluding carboxylic acids is 1. The minimum Gasteiger partial charge on any atom is -0.460 e. The Morgan fingerprint density at radius 2 is 1.59 bits per heavy atom. The lowest BCUT2D eigenvalue weighted by atomic mass is 9.45. The van der Waals surface area contributed by atoms with Crippen LogP contribution in [0.3, 0.4) is 0 Å². The predicted molar refractivity (Wildman–Crippen MR) is 133 cm³/mol. The number of likely N-dealkylation sites (tertiary alicyclic amines) is 1. The van der Waals surface area contributed by atoms with Gasteiger partial charge in [-0.2, -0.15) is 0 Å². The molecule has 0 radical (unpaired) electrons. The number of nitrogens with zero attached hydrogens (tertiary/aromatic N) is 2. The van der Waals surface area contributed by atoms with Crippen LogP contribution in [0.4, 0.5) is 0 Å². The highest BCUT2D eigenvalue weighted by atomic mass is 16.5. The van der Waals surface area contributed by atoms with Crippen LogP contribution in [0.15, 0.2) is 0 Å². The number of hydrogen-bond donors (Lipinski definition) is 0. The summed E-state index contributed by atoms with van der Waals surface area (Å²) in [5.74, 6) is 3.19. The third-order valence-corrected chi connectivity index (χ3v) is 12.0. The van der Waals surface area contributed by atoms with E-state index in [0.717, 1.165) is 50.1 Å². The molecule has 6 rings (SSSR count). The van der Waals surface area contributed by atoms with Gasteiger partial charge in [0.05, 0.1) is 13.2 Å². The standard InChI is InChI=1S/C29H48N2O3/c1-20(32)34-27-26(31-14-16-33-17-15-31)19-25-23-7-6-21-18-22(30-12-4-5-13-30)8-10-28(21,2)24(23)9-11-29(25,27)3/h21-27H,4-19H2,1-3H3/t21-,22+,23+,24-,25-,26-,27-,28-,29-/m0/s1. The van der Waals surface area contributed by atoms with E-state index in [2.05, 4.69) is 23.6 Å². The molecule has 0 aromatic rings. The fraction of sp³-hybridized carbons (Fsp3) is 0.966. The van der Waals surface area contributed by atoms with Crippen LogP contribution in [-0.4, -0.2) is 73.3 Å². The van der Waals surface area contributed by atoms with E-state index in [0.29, 0.717) is 17.4 Å². The Kier molecular flexibility index (Phi) is 6.30. The number of rotatable bonds is 3. The van der Waals surface area contributed by atoms with Gasteiger partial charge < -0.3 is 14.4 Å². The Hall–Kier alpha value is -0.650. The molecule has 2 aliphatic heterocycles. The average molecular weight is 473 g/mol. The summed E-state index contributed by atoms with van der Waals surface area (Å²) >= 11 is 0. The second-order valence-electron chi connectivity index (χ2n) is 13.4. The number of ether oxygens (including phenoxy) is 2. The van der Waals surface area contributed by atoms with Crippen LogP contribution in [0.1, 0.15) is 85.0 Å². The highest BCUT2D eigenvalue weighted by Gasteiger charge is 2.64. The fourth-order valence-electron chi connectivity index (χ4n) is 10.3. The SMILES string of the molecule is CC(=O)O[C@H]1[C@@H](N2CCOCC2)C[C@H]2[C@@H]3CC[C@H]4C[C@H](N5CCCC5)CC[C@]4(C)[C@H]3CC[C@@]21C. The van der Waals surface area contributed by atoms with Crippen molar-refractivity contribution in [3.8, 4) is 0 Å². The van der Waals surface area contributed by atoms with Crippen molar-refractivity contribution < 1.29 is 14.3 Å². The summed E-state index contributed by atoms with van der Waals surface area (Å²) in [7, 11) is 0. The molecule has 0 N–H and O–H groups in total. The number of esters is 1. The van der Waals surface area contributed by atoms with E-state index in [9.17, 15) is 4.79 Å². The second-order valence-corrected chi connectivity index (χ2v) is 13.4. The number of carbonyl (C=O) groups is 1. The van der Waals surface area contributed by atoms with E-state index in [1.54, 1.807) is 6.92 Å². The maximum absolute atomic E-state index is 12.2. The largest absolute Gasteiger partial charge is 0.460 e. The molecule has 2 saturated heterocycles. The molecule has 0 bridgehead atoms. The quantitative estimate of drug-likeness (QED) is 0.555. The average Bonchev–Trinajstić information content (AvgIpc) is 3.46. The molecule has 0 amide bonds. The van der Waals surface area contributed by atoms with Crippen LogP contribution in [-0.2, 0) is 14.3 Å². The van der Waals surface area contributed by atoms with Gasteiger partial charge in [-0.1, -0.05) is 13.8 Å². The van der Waals surface area contributed by atoms with Crippen molar-refractivity contribution in [2.24, 2.45) is 34.5 Å². The minimum absolute atomic E-state index is 0.0467. The molecule has 2 heterocycles. The van der Waals surface area contributed by atoms with Gasteiger partial charge >= 0.3 is 5.97 Å². The summed E-state index contributed by atoms with van der Waals surface area (Å²) in [5, 5.41) is 0. The molecule has 0 unspecified atom stereocenters. The van der Waals surface area contributed by atoms with Crippen molar-refractivity contribution in [1.82, 2.24) is 9.80 Å². The lowest BCUT2D eigenvalue weighted by Gasteiger charge is -2.61. The third-order valence-electron chi connectivity index (χ3n) is 12.0. The van der Waals surface area contributed by atoms with E-state index in [1.165, 1.54) is 77.3 Å². The van der Waals surface area contributed by atoms with Crippen molar-refractivity contribution in [3.05, 3.63) is 0 Å². The van der Waals surface area contributed by atoms with Crippen molar-refractivity contribution in [3.63, 3.8) is 0 Å². The molecular formula is C29H48N2O3. The van der Waals surface area contributed by atoms with Crippen LogP contribution in [0.2, 0.25) is 0 Å². The Balaban J connectivity index is 1.23. The van der Waals surface area contributed by atoms with E-state index >= 15 is 0 Å². The molecular weight excluding hydrogens is 424 g/mol. The van der Waals surface area contributed by atoms with Gasteiger partial charge in [0.2, 0.25) is 0 Å². The minimum atomic E-state index is -0.0943.